The molecule has 1 aliphatic heterocycles. The van der Waals surface area contributed by atoms with Gasteiger partial charge in [0.25, 0.3) is 0 Å². The highest BCUT2D eigenvalue weighted by Gasteiger charge is 2.32. The van der Waals surface area contributed by atoms with Crippen LogP contribution in [-0.2, 0) is 16.1 Å². The van der Waals surface area contributed by atoms with Gasteiger partial charge in [-0.05, 0) is 25.3 Å². The number of rotatable bonds is 5. The number of nitrogens with one attached hydrogen (secondary N) is 1. The van der Waals surface area contributed by atoms with Crippen LogP contribution in [-0.4, -0.2) is 28.2 Å². The minimum absolute atomic E-state index is 0.0545. The Balaban J connectivity index is 1.78. The quantitative estimate of drug-likeness (QED) is 0.908. The highest BCUT2D eigenvalue weighted by Crippen LogP contribution is 2.26. The summed E-state index contributed by atoms with van der Waals surface area (Å²) in [6.45, 7) is 3.01. The lowest BCUT2D eigenvalue weighted by Crippen LogP contribution is -2.45. The first-order valence-electron chi connectivity index (χ1n) is 8.18. The van der Waals surface area contributed by atoms with E-state index in [1.807, 2.05) is 37.3 Å². The van der Waals surface area contributed by atoms with Crippen molar-refractivity contribution in [3.63, 3.8) is 0 Å². The van der Waals surface area contributed by atoms with Gasteiger partial charge in [-0.3, -0.25) is 9.59 Å². The SMILES string of the molecule is Cc1ncc(CNC(=O)C(c2ccccc2)N2CCCCC2=O)s1. The molecule has 1 aromatic carbocycles. The summed E-state index contributed by atoms with van der Waals surface area (Å²) in [4.78, 5) is 32.1. The summed E-state index contributed by atoms with van der Waals surface area (Å²) < 4.78 is 0. The number of benzene rings is 1. The third kappa shape index (κ3) is 3.82. The first-order valence-corrected chi connectivity index (χ1v) is 9.00. The summed E-state index contributed by atoms with van der Waals surface area (Å²) in [5.74, 6) is -0.0820. The Morgan fingerprint density at radius 2 is 2.12 bits per heavy atom. The van der Waals surface area contributed by atoms with Gasteiger partial charge in [-0.15, -0.1) is 11.3 Å². The third-order valence-electron chi connectivity index (χ3n) is 4.14. The zero-order valence-corrected chi connectivity index (χ0v) is 14.5. The van der Waals surface area contributed by atoms with E-state index < -0.39 is 6.04 Å². The van der Waals surface area contributed by atoms with E-state index in [2.05, 4.69) is 10.3 Å². The Kier molecular flexibility index (Phi) is 5.25. The molecular weight excluding hydrogens is 322 g/mol. The molecule has 3 rings (SSSR count). The predicted octanol–water partition coefficient (Wildman–Crippen LogP) is 2.82. The van der Waals surface area contributed by atoms with Gasteiger partial charge in [0, 0.05) is 24.0 Å². The van der Waals surface area contributed by atoms with Gasteiger partial charge in [0.05, 0.1) is 11.6 Å². The fourth-order valence-corrected chi connectivity index (χ4v) is 3.70. The molecule has 2 heterocycles. The molecule has 6 heteroatoms. The highest BCUT2D eigenvalue weighted by molar-refractivity contribution is 7.11. The second kappa shape index (κ2) is 7.57. The summed E-state index contributed by atoms with van der Waals surface area (Å²) in [5.41, 5.74) is 0.853. The van der Waals surface area contributed by atoms with Gasteiger partial charge in [-0.1, -0.05) is 30.3 Å². The molecule has 0 saturated carbocycles. The normalized spacial score (nSPS) is 16.0. The lowest BCUT2D eigenvalue weighted by molar-refractivity contribution is -0.142. The van der Waals surface area contributed by atoms with Crippen molar-refractivity contribution < 1.29 is 9.59 Å². The van der Waals surface area contributed by atoms with Gasteiger partial charge in [0.1, 0.15) is 6.04 Å². The Labute approximate surface area is 145 Å². The molecule has 2 amide bonds. The van der Waals surface area contributed by atoms with E-state index in [0.717, 1.165) is 28.3 Å². The van der Waals surface area contributed by atoms with Crippen molar-refractivity contribution in [1.29, 1.82) is 0 Å². The van der Waals surface area contributed by atoms with Gasteiger partial charge in [0.15, 0.2) is 0 Å². The van der Waals surface area contributed by atoms with E-state index in [-0.39, 0.29) is 11.8 Å². The fourth-order valence-electron chi connectivity index (χ4n) is 2.97. The molecule has 0 spiro atoms. The van der Waals surface area contributed by atoms with Crippen molar-refractivity contribution in [3.8, 4) is 0 Å². The molecule has 1 atom stereocenters. The van der Waals surface area contributed by atoms with E-state index in [0.29, 0.717) is 19.5 Å². The average molecular weight is 343 g/mol. The van der Waals surface area contributed by atoms with Crippen molar-refractivity contribution in [1.82, 2.24) is 15.2 Å². The van der Waals surface area contributed by atoms with E-state index >= 15 is 0 Å². The largest absolute Gasteiger partial charge is 0.349 e. The van der Waals surface area contributed by atoms with Crippen LogP contribution in [0.4, 0.5) is 0 Å². The number of piperidine rings is 1. The van der Waals surface area contributed by atoms with Crippen LogP contribution in [0.1, 0.15) is 40.8 Å². The number of carbonyl (C=O) groups is 2. The minimum Gasteiger partial charge on any atom is -0.349 e. The van der Waals surface area contributed by atoms with Gasteiger partial charge in [-0.25, -0.2) is 4.98 Å². The molecule has 0 radical (unpaired) electrons. The minimum atomic E-state index is -0.562. The van der Waals surface area contributed by atoms with Gasteiger partial charge < -0.3 is 10.2 Å². The molecule has 0 bridgehead atoms. The number of aryl methyl sites for hydroxylation is 1. The smallest absolute Gasteiger partial charge is 0.247 e. The number of carbonyl (C=O) groups excluding carboxylic acids is 2. The van der Waals surface area contributed by atoms with Crippen molar-refractivity contribution in [3.05, 3.63) is 52.0 Å². The number of likely N-dealkylation sites (tertiary alicyclic amines) is 1. The Morgan fingerprint density at radius 3 is 2.79 bits per heavy atom. The number of amides is 2. The summed E-state index contributed by atoms with van der Waals surface area (Å²) in [6, 6.07) is 8.96. The lowest BCUT2D eigenvalue weighted by Gasteiger charge is -2.34. The van der Waals surface area contributed by atoms with Gasteiger partial charge in [0.2, 0.25) is 11.8 Å². The van der Waals surface area contributed by atoms with Crippen molar-refractivity contribution >= 4 is 23.2 Å². The van der Waals surface area contributed by atoms with Gasteiger partial charge in [-0.2, -0.15) is 0 Å². The number of nitrogens with zero attached hydrogens (tertiary/aromatic N) is 2. The van der Waals surface area contributed by atoms with E-state index in [4.69, 9.17) is 0 Å². The maximum Gasteiger partial charge on any atom is 0.247 e. The summed E-state index contributed by atoms with van der Waals surface area (Å²) in [7, 11) is 0. The Morgan fingerprint density at radius 1 is 1.33 bits per heavy atom. The molecule has 24 heavy (non-hydrogen) atoms. The molecule has 1 aromatic heterocycles. The number of hydrogen-bond acceptors (Lipinski definition) is 4. The average Bonchev–Trinajstić information content (AvgIpc) is 3.01. The second-order valence-electron chi connectivity index (χ2n) is 5.92. The van der Waals surface area contributed by atoms with E-state index in [1.165, 1.54) is 0 Å². The number of hydrogen-bond donors (Lipinski definition) is 1. The summed E-state index contributed by atoms with van der Waals surface area (Å²) >= 11 is 1.57. The van der Waals surface area contributed by atoms with E-state index in [1.54, 1.807) is 22.4 Å². The van der Waals surface area contributed by atoms with Crippen LogP contribution in [0, 0.1) is 6.92 Å². The van der Waals surface area contributed by atoms with Crippen LogP contribution in [0.25, 0.3) is 0 Å². The molecule has 1 aliphatic rings. The molecule has 1 unspecified atom stereocenters. The molecule has 126 valence electrons. The first kappa shape index (κ1) is 16.6. The predicted molar refractivity (Wildman–Crippen MR) is 93.4 cm³/mol. The number of aromatic nitrogens is 1. The van der Waals surface area contributed by atoms with Crippen LogP contribution < -0.4 is 5.32 Å². The monoisotopic (exact) mass is 343 g/mol. The Bertz CT molecular complexity index is 714. The fraction of sp³-hybridized carbons (Fsp3) is 0.389. The second-order valence-corrected chi connectivity index (χ2v) is 7.24. The standard InChI is InChI=1S/C18H21N3O2S/c1-13-19-11-15(24-13)12-20-18(23)17(14-7-3-2-4-8-14)21-10-6-5-9-16(21)22/h2-4,7-8,11,17H,5-6,9-10,12H2,1H3,(H,20,23). The molecule has 1 N–H and O–H groups in total. The zero-order chi connectivity index (χ0) is 16.9. The first-order chi connectivity index (χ1) is 11.6. The number of thiazole rings is 1. The maximum atomic E-state index is 12.8. The zero-order valence-electron chi connectivity index (χ0n) is 13.7. The lowest BCUT2D eigenvalue weighted by atomic mass is 10.0. The van der Waals surface area contributed by atoms with Crippen LogP contribution in [0.3, 0.4) is 0 Å². The highest BCUT2D eigenvalue weighted by atomic mass is 32.1. The van der Waals surface area contributed by atoms with Crippen molar-refractivity contribution in [2.75, 3.05) is 6.54 Å². The molecule has 1 fully saturated rings. The van der Waals surface area contributed by atoms with Crippen molar-refractivity contribution in [2.45, 2.75) is 38.8 Å². The molecule has 5 nitrogen and oxygen atoms in total. The molecule has 2 aromatic rings. The third-order valence-corrected chi connectivity index (χ3v) is 5.05. The Hall–Kier alpha value is -2.21. The summed E-state index contributed by atoms with van der Waals surface area (Å²) in [5, 5.41) is 3.94. The van der Waals surface area contributed by atoms with Gasteiger partial charge >= 0.3 is 0 Å². The molecule has 1 saturated heterocycles. The molecular formula is C18H21N3O2S. The van der Waals surface area contributed by atoms with E-state index in [9.17, 15) is 9.59 Å². The molecule has 0 aliphatic carbocycles. The van der Waals surface area contributed by atoms with Crippen molar-refractivity contribution in [2.24, 2.45) is 0 Å². The maximum absolute atomic E-state index is 12.8. The van der Waals surface area contributed by atoms with Crippen LogP contribution in [0.15, 0.2) is 36.5 Å². The summed E-state index contributed by atoms with van der Waals surface area (Å²) in [6.07, 6.45) is 4.14. The van der Waals surface area contributed by atoms with Crippen LogP contribution in [0.2, 0.25) is 0 Å². The van der Waals surface area contributed by atoms with Crippen LogP contribution >= 0.6 is 11.3 Å². The van der Waals surface area contributed by atoms with Crippen LogP contribution in [0.5, 0.6) is 0 Å². The topological polar surface area (TPSA) is 62.3 Å².